The molecule has 33 nitrogen and oxygen atoms in total. The first-order chi connectivity index (χ1) is 56.4. The zero-order valence-corrected chi connectivity index (χ0v) is 71.8. The lowest BCUT2D eigenvalue weighted by Gasteiger charge is -2.32. The van der Waals surface area contributed by atoms with Crippen LogP contribution in [0.15, 0.2) is 73.3 Å². The molecule has 5 fully saturated rings. The first-order valence-corrected chi connectivity index (χ1v) is 44.5. The standard InChI is InChI=1S/C37H52O20S4.C18H30O7S4.C16H16O3.C5H6O3/c38-29(5-13-58-9-1-25-17-46-33(42)54-25)50-21-37(22-51-30(39)6-14-59-10-2-26-18-47-34(43)55-26,23-52-31(40)7-15-60-11-3-27-19-48-35(44)56-27)24-53-32(41)8-16-61-12-4-28-20-49-36(45)57-28;19-14(2-7-26)1-6-18(11-23-15(20)3-8-27,12-24-16(21)4-9-28)13-25-17(22)5-10-29;1-19-16(12-17,14-10-6-3-7-11-14)15(18)13-8-4-2-5-9-13;1-2-4-3-7-5(6)8-4/h25-28H,1-24H2;26-29H,1-13H2;2-11,17H,12H2,1H3;2,4H,1,3H2. The molecule has 0 aliphatic carbocycles. The lowest BCUT2D eigenvalue weighted by Crippen LogP contribution is -2.44. The molecule has 6 atom stereocenters. The molecule has 0 saturated carbocycles. The second kappa shape index (κ2) is 59.5. The second-order valence-corrected chi connectivity index (χ2v) is 32.8. The van der Waals surface area contributed by atoms with Crippen LogP contribution in [0.3, 0.4) is 0 Å². The van der Waals surface area contributed by atoms with Crippen molar-refractivity contribution in [1.29, 1.82) is 0 Å². The molecule has 1 N–H and O–H groups in total. The minimum Gasteiger partial charge on any atom is -0.465 e. The van der Waals surface area contributed by atoms with E-state index in [1.54, 1.807) is 36.4 Å². The average Bonchev–Trinajstić information content (AvgIpc) is 1.15. The molecule has 6 unspecified atom stereocenters. The van der Waals surface area contributed by atoms with Gasteiger partial charge in [-0.2, -0.15) is 97.6 Å². The minimum absolute atomic E-state index is 0.0112. The number of Topliss-reactive ketones (excluding diaryl/α,β-unsaturated/α-hetero) is 2. The average molecular weight is 1800 g/mol. The zero-order chi connectivity index (χ0) is 85.5. The van der Waals surface area contributed by atoms with Gasteiger partial charge in [0.25, 0.3) is 0 Å². The summed E-state index contributed by atoms with van der Waals surface area (Å²) < 4.78 is 92.0. The molecule has 0 bridgehead atoms. The molecule has 5 aliphatic heterocycles. The third-order valence-corrected chi connectivity index (χ3v) is 21.8. The smallest absolute Gasteiger partial charge is 0.465 e. The van der Waals surface area contributed by atoms with Crippen molar-refractivity contribution in [2.75, 3.05) is 162 Å². The summed E-state index contributed by atoms with van der Waals surface area (Å²) in [6, 6.07) is 17.9. The predicted molar refractivity (Wildman–Crippen MR) is 440 cm³/mol. The van der Waals surface area contributed by atoms with Crippen molar-refractivity contribution in [1.82, 2.24) is 0 Å². The SMILES string of the molecule is C=CC1COC(=O)O1.COC(CO)(C(=O)c1ccccc1)c1ccccc1.O=C(CCS)CCC(COC(=O)CCS)(COC(=O)CCS)COC(=O)CCS.O=C(CCSCCC1COC(=O)O1)OCC(COC(=O)CCSCCC1COC(=O)O1)(COC(=O)CCSCCC1COC(=O)O1)COC(=O)CCSCCC1COC(=O)O1. The Balaban J connectivity index is 0.000000417. The van der Waals surface area contributed by atoms with Crippen molar-refractivity contribution in [3.63, 3.8) is 0 Å². The van der Waals surface area contributed by atoms with Gasteiger partial charge in [-0.25, -0.2) is 24.0 Å². The third kappa shape index (κ3) is 43.1. The fourth-order valence-electron chi connectivity index (χ4n) is 10.1. The van der Waals surface area contributed by atoms with Gasteiger partial charge in [0.15, 0.2) is 11.7 Å². The lowest BCUT2D eigenvalue weighted by molar-refractivity contribution is -0.171. The topological polar surface area (TPSA) is 425 Å². The maximum Gasteiger partial charge on any atom is 0.509 e. The summed E-state index contributed by atoms with van der Waals surface area (Å²) in [6.45, 7) is 1.92. The van der Waals surface area contributed by atoms with Crippen LogP contribution in [0, 0.1) is 10.8 Å². The molecule has 0 spiro atoms. The van der Waals surface area contributed by atoms with Crippen molar-refractivity contribution in [3.05, 3.63) is 84.4 Å². The molecule has 5 aliphatic rings. The van der Waals surface area contributed by atoms with E-state index in [9.17, 15) is 72.2 Å². The van der Waals surface area contributed by atoms with E-state index in [0.29, 0.717) is 112 Å². The number of thiol groups is 4. The molecule has 2 aromatic rings. The Morgan fingerprint density at radius 3 is 0.974 bits per heavy atom. The van der Waals surface area contributed by atoms with Crippen molar-refractivity contribution in [2.45, 2.75) is 126 Å². The number of methoxy groups -OCH3 is 1. The number of thioether (sulfide) groups is 4. The van der Waals surface area contributed by atoms with Crippen LogP contribution in [-0.2, 0) is 129 Å². The maximum atomic E-state index is 13.0. The van der Waals surface area contributed by atoms with Gasteiger partial charge in [-0.15, -0.1) is 0 Å². The van der Waals surface area contributed by atoms with E-state index < -0.39 is 122 Å². The minimum atomic E-state index is -1.46. The van der Waals surface area contributed by atoms with Gasteiger partial charge < -0.3 is 90.4 Å². The zero-order valence-electron chi connectivity index (χ0n) is 65.0. The van der Waals surface area contributed by atoms with Gasteiger partial charge >= 0.3 is 72.6 Å². The number of carbonyl (C=O) groups is 14. The van der Waals surface area contributed by atoms with Gasteiger partial charge in [0.2, 0.25) is 5.78 Å². The predicted octanol–water partition coefficient (Wildman–Crippen LogP) is 9.68. The Labute approximate surface area is 717 Å². The molecular formula is C76H104O33S8. The number of aliphatic hydroxyl groups is 1. The number of rotatable bonds is 55. The molecule has 5 saturated heterocycles. The van der Waals surface area contributed by atoms with E-state index in [0.717, 1.165) is 0 Å². The van der Waals surface area contributed by atoms with Crippen molar-refractivity contribution >= 4 is 182 Å². The summed E-state index contributed by atoms with van der Waals surface area (Å²) in [6.07, 6.45) is -0.267. The molecule has 0 amide bonds. The second-order valence-electron chi connectivity index (χ2n) is 26.1. The molecular weight excluding hydrogens is 1700 g/mol. The van der Waals surface area contributed by atoms with Crippen molar-refractivity contribution in [3.8, 4) is 0 Å². The molecule has 41 heteroatoms. The maximum absolute atomic E-state index is 13.0. The Morgan fingerprint density at radius 1 is 0.410 bits per heavy atom. The highest BCUT2D eigenvalue weighted by Crippen LogP contribution is 2.32. The number of aliphatic hydroxyl groups excluding tert-OH is 1. The molecule has 2 aromatic carbocycles. The van der Waals surface area contributed by atoms with Gasteiger partial charge in [-0.3, -0.25) is 43.2 Å². The molecule has 654 valence electrons. The summed E-state index contributed by atoms with van der Waals surface area (Å²) in [5.41, 5.74) is -2.68. The molecule has 7 rings (SSSR count). The van der Waals surface area contributed by atoms with E-state index in [1.807, 2.05) is 24.3 Å². The van der Waals surface area contributed by atoms with Crippen LogP contribution in [0.4, 0.5) is 24.0 Å². The van der Waals surface area contributed by atoms with Gasteiger partial charge in [0.05, 0.1) is 57.0 Å². The van der Waals surface area contributed by atoms with Gasteiger partial charge in [0.1, 0.15) is 115 Å². The van der Waals surface area contributed by atoms with Crippen LogP contribution >= 0.6 is 97.6 Å². The number of ketones is 2. The van der Waals surface area contributed by atoms with Crippen LogP contribution in [0.25, 0.3) is 0 Å². The van der Waals surface area contributed by atoms with E-state index in [4.69, 9.17) is 75.8 Å². The van der Waals surface area contributed by atoms with Crippen molar-refractivity contribution in [2.24, 2.45) is 10.8 Å². The highest BCUT2D eigenvalue weighted by Gasteiger charge is 2.42. The number of esters is 7. The van der Waals surface area contributed by atoms with Crippen LogP contribution in [0.2, 0.25) is 0 Å². The van der Waals surface area contributed by atoms with E-state index >= 15 is 0 Å². The molecule has 0 aromatic heterocycles. The summed E-state index contributed by atoms with van der Waals surface area (Å²) in [7, 11) is 1.43. The number of cyclic esters (lactones) is 10. The first kappa shape index (κ1) is 102. The summed E-state index contributed by atoms with van der Waals surface area (Å²) >= 11 is 21.8. The van der Waals surface area contributed by atoms with Gasteiger partial charge in [-0.05, 0) is 72.5 Å². The Bertz CT molecular complexity index is 3100. The molecule has 117 heavy (non-hydrogen) atoms. The van der Waals surface area contributed by atoms with Crippen LogP contribution in [-0.4, -0.2) is 282 Å². The first-order valence-electron chi connectivity index (χ1n) is 37.3. The Morgan fingerprint density at radius 2 is 0.709 bits per heavy atom. The van der Waals surface area contributed by atoms with Crippen molar-refractivity contribution < 1.29 is 157 Å². The third-order valence-electron chi connectivity index (χ3n) is 16.9. The monoisotopic (exact) mass is 1800 g/mol. The highest BCUT2D eigenvalue weighted by molar-refractivity contribution is 7.99. The van der Waals surface area contributed by atoms with Gasteiger partial charge in [-0.1, -0.05) is 67.2 Å². The highest BCUT2D eigenvalue weighted by atomic mass is 32.2. The molecule has 0 radical (unpaired) electrons. The lowest BCUT2D eigenvalue weighted by atomic mass is 9.84. The number of hydrogen-bond acceptors (Lipinski definition) is 41. The fourth-order valence-corrected chi connectivity index (χ4v) is 14.7. The fraction of sp³-hybridized carbons (Fsp3) is 0.632. The Kier molecular flexibility index (Phi) is 52.0. The van der Waals surface area contributed by atoms with Crippen LogP contribution < -0.4 is 0 Å². The normalized spacial score (nSPS) is 17.9. The van der Waals surface area contributed by atoms with Gasteiger partial charge in [0, 0.05) is 65.8 Å². The molecule has 5 heterocycles. The number of benzene rings is 2. The largest absolute Gasteiger partial charge is 0.509 e. The van der Waals surface area contributed by atoms with Crippen LogP contribution in [0.1, 0.15) is 106 Å². The quantitative estimate of drug-likeness (QED) is 0.0103. The van der Waals surface area contributed by atoms with E-state index in [1.165, 1.54) is 60.2 Å². The van der Waals surface area contributed by atoms with E-state index in [-0.39, 0.29) is 153 Å². The number of carbonyl (C=O) groups excluding carboxylic acids is 14. The van der Waals surface area contributed by atoms with E-state index in [2.05, 4.69) is 66.6 Å². The van der Waals surface area contributed by atoms with Crippen LogP contribution in [0.5, 0.6) is 0 Å². The number of hydrogen-bond donors (Lipinski definition) is 5. The summed E-state index contributed by atoms with van der Waals surface area (Å²) in [5, 5.41) is 9.72. The summed E-state index contributed by atoms with van der Waals surface area (Å²) in [4.78, 5) is 167. The number of ether oxygens (including phenoxy) is 18. The summed E-state index contributed by atoms with van der Waals surface area (Å²) in [5.74, 6) is 1.27. The Hall–Kier alpha value is -7.12.